The van der Waals surface area contributed by atoms with Crippen LogP contribution in [-0.4, -0.2) is 58.4 Å². The molecule has 168 valence electrons. The number of H-pyrrole nitrogens is 1. The maximum absolute atomic E-state index is 12.4. The number of amidine groups is 1. The number of nitrogens with one attached hydrogen (secondary N) is 1. The van der Waals surface area contributed by atoms with Crippen molar-refractivity contribution in [2.45, 2.75) is 26.1 Å². The van der Waals surface area contributed by atoms with Gasteiger partial charge in [0.25, 0.3) is 0 Å². The number of aromatic nitrogens is 2. The van der Waals surface area contributed by atoms with Gasteiger partial charge in [-0.2, -0.15) is 0 Å². The number of imidazole rings is 1. The Balaban J connectivity index is 1.62. The topological polar surface area (TPSA) is 99.8 Å². The second-order valence-corrected chi connectivity index (χ2v) is 7.39. The average Bonchev–Trinajstić information content (AvgIpc) is 3.20. The zero-order valence-corrected chi connectivity index (χ0v) is 17.2. The molecule has 4 N–H and O–H groups in total. The molecule has 3 rings (SSSR count). The number of likely N-dealkylation sites (tertiary alicyclic amines) is 1. The number of alkyl halides is 3. The van der Waals surface area contributed by atoms with E-state index >= 15 is 0 Å². The molecule has 0 aliphatic carbocycles. The normalized spacial score (nSPS) is 16.8. The summed E-state index contributed by atoms with van der Waals surface area (Å²) in [5, 5.41) is 10.00. The van der Waals surface area contributed by atoms with Crippen LogP contribution in [0.1, 0.15) is 25.6 Å². The van der Waals surface area contributed by atoms with Gasteiger partial charge in [-0.05, 0) is 68.7 Å². The van der Waals surface area contributed by atoms with Gasteiger partial charge < -0.3 is 25.5 Å². The number of hydrogen-bond donors (Lipinski definition) is 3. The summed E-state index contributed by atoms with van der Waals surface area (Å²) in [7, 11) is 0. The van der Waals surface area contributed by atoms with Crippen LogP contribution >= 0.6 is 0 Å². The molecular weight excluding hydrogens is 411 g/mol. The quantitative estimate of drug-likeness (QED) is 0.452. The number of benzene rings is 1. The monoisotopic (exact) mass is 437 g/mol. The minimum atomic E-state index is -4.82. The smallest absolute Gasteiger partial charge is 0.507 e. The molecule has 0 unspecified atom stereocenters. The maximum atomic E-state index is 12.4. The number of phenols is 1. The standard InChI is InChI=1S/C21H26F3N5O2/c1-2-29-9-7-14(8-10-29)12-26-19(25)5-6-20-27-13-17(28-20)16-11-15(3-4-18(16)30)31-21(22,23)24/h3-6,11,13-14,30H,2,7-10,12H2,1H3,(H2,25,26)(H,27,28)/b6-5-. The molecule has 1 aliphatic heterocycles. The molecule has 0 saturated carbocycles. The lowest BCUT2D eigenvalue weighted by atomic mass is 9.97. The Labute approximate surface area is 178 Å². The number of aliphatic imine (C=N–C) groups is 1. The van der Waals surface area contributed by atoms with Crippen LogP contribution < -0.4 is 10.5 Å². The van der Waals surface area contributed by atoms with Crippen LogP contribution in [0.3, 0.4) is 0 Å². The molecule has 1 aromatic carbocycles. The molecule has 1 aromatic heterocycles. The van der Waals surface area contributed by atoms with Gasteiger partial charge in [0, 0.05) is 12.1 Å². The zero-order valence-electron chi connectivity index (χ0n) is 17.2. The lowest BCUT2D eigenvalue weighted by Gasteiger charge is -2.30. The van der Waals surface area contributed by atoms with Crippen molar-refractivity contribution in [2.75, 3.05) is 26.2 Å². The van der Waals surface area contributed by atoms with Crippen LogP contribution in [0.2, 0.25) is 0 Å². The summed E-state index contributed by atoms with van der Waals surface area (Å²) in [6.45, 7) is 6.09. The first kappa shape index (κ1) is 22.7. The predicted octanol–water partition coefficient (Wildman–Crippen LogP) is 3.78. The van der Waals surface area contributed by atoms with Gasteiger partial charge in [-0.3, -0.25) is 4.99 Å². The molecule has 2 aromatic rings. The summed E-state index contributed by atoms with van der Waals surface area (Å²) in [5.74, 6) is 0.682. The fourth-order valence-corrected chi connectivity index (χ4v) is 3.42. The van der Waals surface area contributed by atoms with Crippen LogP contribution in [0.5, 0.6) is 11.5 Å². The molecule has 31 heavy (non-hydrogen) atoms. The number of nitrogens with zero attached hydrogens (tertiary/aromatic N) is 3. The Morgan fingerprint density at radius 2 is 2.13 bits per heavy atom. The number of aromatic hydroxyl groups is 1. The van der Waals surface area contributed by atoms with E-state index in [9.17, 15) is 18.3 Å². The number of hydrogen-bond acceptors (Lipinski definition) is 5. The molecule has 10 heteroatoms. The Morgan fingerprint density at radius 3 is 2.81 bits per heavy atom. The lowest BCUT2D eigenvalue weighted by Crippen LogP contribution is -2.34. The van der Waals surface area contributed by atoms with E-state index in [1.807, 2.05) is 0 Å². The first-order valence-corrected chi connectivity index (χ1v) is 10.1. The molecule has 1 saturated heterocycles. The van der Waals surface area contributed by atoms with Crippen molar-refractivity contribution in [3.05, 3.63) is 36.3 Å². The molecule has 7 nitrogen and oxygen atoms in total. The van der Waals surface area contributed by atoms with Gasteiger partial charge in [-0.15, -0.1) is 13.2 Å². The van der Waals surface area contributed by atoms with E-state index < -0.39 is 12.1 Å². The molecule has 1 aliphatic rings. The van der Waals surface area contributed by atoms with Crippen molar-refractivity contribution in [3.63, 3.8) is 0 Å². The Morgan fingerprint density at radius 1 is 1.39 bits per heavy atom. The number of aromatic amines is 1. The molecule has 0 radical (unpaired) electrons. The van der Waals surface area contributed by atoms with E-state index in [1.165, 1.54) is 6.20 Å². The van der Waals surface area contributed by atoms with Gasteiger partial charge in [-0.1, -0.05) is 6.92 Å². The molecule has 2 heterocycles. The van der Waals surface area contributed by atoms with Gasteiger partial charge in [0.1, 0.15) is 23.2 Å². The van der Waals surface area contributed by atoms with Gasteiger partial charge in [0.2, 0.25) is 0 Å². The van der Waals surface area contributed by atoms with E-state index in [2.05, 4.69) is 31.5 Å². The zero-order chi connectivity index (χ0) is 22.4. The molecular formula is C21H26F3N5O2. The molecule has 0 spiro atoms. The van der Waals surface area contributed by atoms with Crippen LogP contribution in [0, 0.1) is 5.92 Å². The molecule has 0 atom stereocenters. The van der Waals surface area contributed by atoms with E-state index in [-0.39, 0.29) is 11.3 Å². The SMILES string of the molecule is CCN1CCC(CN=C(N)/C=C\c2ncc(-c3cc(OC(F)(F)F)ccc3O)[nH]2)CC1. The van der Waals surface area contributed by atoms with E-state index in [1.54, 1.807) is 12.2 Å². The highest BCUT2D eigenvalue weighted by Gasteiger charge is 2.31. The largest absolute Gasteiger partial charge is 0.573 e. The summed E-state index contributed by atoms with van der Waals surface area (Å²) < 4.78 is 41.2. The number of halogens is 3. The lowest BCUT2D eigenvalue weighted by molar-refractivity contribution is -0.274. The Hall–Kier alpha value is -3.01. The minimum absolute atomic E-state index is 0.133. The highest BCUT2D eigenvalue weighted by atomic mass is 19.4. The summed E-state index contributed by atoms with van der Waals surface area (Å²) in [5.41, 5.74) is 6.43. The third kappa shape index (κ3) is 6.74. The van der Waals surface area contributed by atoms with Crippen LogP contribution in [-0.2, 0) is 0 Å². The number of rotatable bonds is 7. The van der Waals surface area contributed by atoms with Crippen LogP contribution in [0.25, 0.3) is 17.3 Å². The van der Waals surface area contributed by atoms with Crippen LogP contribution in [0.15, 0.2) is 35.5 Å². The Bertz CT molecular complexity index is 931. The second kappa shape index (κ2) is 9.86. The van der Waals surface area contributed by atoms with Gasteiger partial charge in [0.05, 0.1) is 11.9 Å². The van der Waals surface area contributed by atoms with Crippen molar-refractivity contribution in [3.8, 4) is 22.8 Å². The first-order chi connectivity index (χ1) is 14.7. The van der Waals surface area contributed by atoms with Gasteiger partial charge >= 0.3 is 6.36 Å². The first-order valence-electron chi connectivity index (χ1n) is 10.1. The fourth-order valence-electron chi connectivity index (χ4n) is 3.42. The van der Waals surface area contributed by atoms with Crippen molar-refractivity contribution >= 4 is 11.9 Å². The maximum Gasteiger partial charge on any atom is 0.573 e. The van der Waals surface area contributed by atoms with Gasteiger partial charge in [-0.25, -0.2) is 4.98 Å². The van der Waals surface area contributed by atoms with E-state index in [4.69, 9.17) is 5.73 Å². The molecule has 0 bridgehead atoms. The molecule has 0 amide bonds. The van der Waals surface area contributed by atoms with Crippen molar-refractivity contribution in [1.82, 2.24) is 14.9 Å². The number of piperidine rings is 1. The summed E-state index contributed by atoms with van der Waals surface area (Å²) in [6.07, 6.45) is 2.04. The second-order valence-electron chi connectivity index (χ2n) is 7.39. The number of ether oxygens (including phenoxy) is 1. The van der Waals surface area contributed by atoms with Crippen molar-refractivity contribution in [1.29, 1.82) is 0 Å². The number of nitrogens with two attached hydrogens (primary N) is 1. The summed E-state index contributed by atoms with van der Waals surface area (Å²) in [4.78, 5) is 13.9. The Kier molecular flexibility index (Phi) is 7.21. The third-order valence-corrected chi connectivity index (χ3v) is 5.19. The summed E-state index contributed by atoms with van der Waals surface area (Å²) >= 11 is 0. The summed E-state index contributed by atoms with van der Waals surface area (Å²) in [6, 6.07) is 3.25. The minimum Gasteiger partial charge on any atom is -0.507 e. The average molecular weight is 437 g/mol. The van der Waals surface area contributed by atoms with Crippen molar-refractivity contribution < 1.29 is 23.0 Å². The predicted molar refractivity (Wildman–Crippen MR) is 113 cm³/mol. The van der Waals surface area contributed by atoms with E-state index in [0.717, 1.165) is 50.7 Å². The fraction of sp³-hybridized carbons (Fsp3) is 0.429. The van der Waals surface area contributed by atoms with Crippen LogP contribution in [0.4, 0.5) is 13.2 Å². The third-order valence-electron chi connectivity index (χ3n) is 5.19. The van der Waals surface area contributed by atoms with Gasteiger partial charge in [0.15, 0.2) is 0 Å². The van der Waals surface area contributed by atoms with E-state index in [0.29, 0.717) is 29.8 Å². The molecule has 1 fully saturated rings. The highest BCUT2D eigenvalue weighted by molar-refractivity contribution is 5.94. The van der Waals surface area contributed by atoms with Crippen molar-refractivity contribution in [2.24, 2.45) is 16.6 Å². The highest BCUT2D eigenvalue weighted by Crippen LogP contribution is 2.33. The number of phenolic OH excluding ortho intramolecular Hbond substituents is 1.